The lowest BCUT2D eigenvalue weighted by atomic mass is 10.0. The molecule has 114 valence electrons. The predicted molar refractivity (Wildman–Crippen MR) is 92.2 cm³/mol. The third-order valence-electron chi connectivity index (χ3n) is 3.85. The third kappa shape index (κ3) is 3.35. The van der Waals surface area contributed by atoms with Gasteiger partial charge in [0.15, 0.2) is 0 Å². The van der Waals surface area contributed by atoms with E-state index < -0.39 is 0 Å². The van der Waals surface area contributed by atoms with E-state index >= 15 is 0 Å². The summed E-state index contributed by atoms with van der Waals surface area (Å²) in [6, 6.07) is 15.2. The number of hydrogen-bond acceptors (Lipinski definition) is 2. The minimum Gasteiger partial charge on any atom is -0.329 e. The number of carbonyl (C=O) groups excluding carboxylic acids is 1. The molecule has 1 amide bonds. The fourth-order valence-electron chi connectivity index (χ4n) is 2.69. The van der Waals surface area contributed by atoms with E-state index in [1.165, 1.54) is 0 Å². The maximum absolute atomic E-state index is 12.8. The first-order chi connectivity index (χ1) is 10.6. The van der Waals surface area contributed by atoms with Crippen molar-refractivity contribution in [3.63, 3.8) is 0 Å². The van der Waals surface area contributed by atoms with Gasteiger partial charge in [0.05, 0.1) is 6.04 Å². The minimum atomic E-state index is 0.0298. The van der Waals surface area contributed by atoms with Gasteiger partial charge in [-0.3, -0.25) is 4.79 Å². The van der Waals surface area contributed by atoms with Crippen LogP contribution in [0.25, 0.3) is 0 Å². The monoisotopic (exact) mass is 378 g/mol. The number of carbonyl (C=O) groups is 1. The Balaban J connectivity index is 1.87. The van der Waals surface area contributed by atoms with Gasteiger partial charge >= 0.3 is 0 Å². The molecule has 1 aliphatic heterocycles. The number of hydrogen-bond donors (Lipinski definition) is 1. The number of rotatable bonds is 2. The van der Waals surface area contributed by atoms with Crippen LogP contribution in [0.4, 0.5) is 0 Å². The van der Waals surface area contributed by atoms with Crippen molar-refractivity contribution in [2.45, 2.75) is 6.04 Å². The Bertz CT molecular complexity index is 657. The number of piperazine rings is 1. The molecule has 3 rings (SSSR count). The summed E-state index contributed by atoms with van der Waals surface area (Å²) in [6.45, 7) is 2.26. The Labute approximate surface area is 143 Å². The number of nitrogens with one attached hydrogen (secondary N) is 1. The van der Waals surface area contributed by atoms with Gasteiger partial charge in [0.1, 0.15) is 0 Å². The Morgan fingerprint density at radius 3 is 2.50 bits per heavy atom. The molecule has 22 heavy (non-hydrogen) atoms. The smallest absolute Gasteiger partial charge is 0.254 e. The molecule has 5 heteroatoms. The van der Waals surface area contributed by atoms with E-state index in [0.717, 1.165) is 23.1 Å². The van der Waals surface area contributed by atoms with Crippen LogP contribution < -0.4 is 5.32 Å². The molecule has 3 nitrogen and oxygen atoms in total. The molecule has 0 spiro atoms. The lowest BCUT2D eigenvalue weighted by Gasteiger charge is -2.36. The van der Waals surface area contributed by atoms with E-state index in [0.29, 0.717) is 17.1 Å². The van der Waals surface area contributed by atoms with Crippen molar-refractivity contribution < 1.29 is 4.79 Å². The summed E-state index contributed by atoms with van der Waals surface area (Å²) >= 11 is 9.36. The molecule has 0 aliphatic carbocycles. The highest BCUT2D eigenvalue weighted by Crippen LogP contribution is 2.25. The van der Waals surface area contributed by atoms with Crippen LogP contribution >= 0.6 is 27.5 Å². The molecule has 1 saturated heterocycles. The second-order valence-corrected chi connectivity index (χ2v) is 6.63. The number of amides is 1. The Kier molecular flexibility index (Phi) is 4.81. The van der Waals surface area contributed by atoms with Gasteiger partial charge in [-0.05, 0) is 42.0 Å². The molecular weight excluding hydrogens is 364 g/mol. The van der Waals surface area contributed by atoms with Crippen LogP contribution in [0, 0.1) is 0 Å². The molecule has 0 aromatic heterocycles. The second kappa shape index (κ2) is 6.82. The highest BCUT2D eigenvalue weighted by Gasteiger charge is 2.28. The second-order valence-electron chi connectivity index (χ2n) is 5.28. The minimum absolute atomic E-state index is 0.0298. The summed E-state index contributed by atoms with van der Waals surface area (Å²) < 4.78 is 0.971. The van der Waals surface area contributed by atoms with Crippen molar-refractivity contribution in [2.75, 3.05) is 19.6 Å². The lowest BCUT2D eigenvalue weighted by molar-refractivity contribution is 0.0634. The molecule has 0 radical (unpaired) electrons. The highest BCUT2D eigenvalue weighted by molar-refractivity contribution is 9.10. The fraction of sp³-hybridized carbons (Fsp3) is 0.235. The van der Waals surface area contributed by atoms with Crippen LogP contribution in [0.1, 0.15) is 22.0 Å². The van der Waals surface area contributed by atoms with Crippen molar-refractivity contribution in [3.05, 3.63) is 69.2 Å². The molecule has 1 unspecified atom stereocenters. The highest BCUT2D eigenvalue weighted by atomic mass is 79.9. The zero-order valence-corrected chi connectivity index (χ0v) is 14.3. The van der Waals surface area contributed by atoms with Gasteiger partial charge in [0.25, 0.3) is 5.91 Å². The molecule has 2 aromatic carbocycles. The van der Waals surface area contributed by atoms with Crippen LogP contribution in [0.3, 0.4) is 0 Å². The zero-order valence-electron chi connectivity index (χ0n) is 11.9. The van der Waals surface area contributed by atoms with Crippen molar-refractivity contribution in [2.24, 2.45) is 0 Å². The number of benzene rings is 2. The van der Waals surface area contributed by atoms with E-state index in [1.807, 2.05) is 53.4 Å². The summed E-state index contributed by atoms with van der Waals surface area (Å²) in [6.07, 6.45) is 0. The number of nitrogens with zero attached hydrogens (tertiary/aromatic N) is 1. The van der Waals surface area contributed by atoms with Gasteiger partial charge in [-0.15, -0.1) is 0 Å². The number of halogens is 2. The normalized spacial score (nSPS) is 18.3. The molecule has 1 fully saturated rings. The average molecular weight is 380 g/mol. The van der Waals surface area contributed by atoms with Gasteiger partial charge in [-0.25, -0.2) is 0 Å². The third-order valence-corrected chi connectivity index (χ3v) is 4.63. The lowest BCUT2D eigenvalue weighted by Crippen LogP contribution is -2.48. The maximum atomic E-state index is 12.8. The summed E-state index contributed by atoms with van der Waals surface area (Å²) in [4.78, 5) is 14.8. The van der Waals surface area contributed by atoms with Gasteiger partial charge in [-0.2, -0.15) is 0 Å². The van der Waals surface area contributed by atoms with E-state index in [2.05, 4.69) is 21.2 Å². The standard InChI is InChI=1S/C17H16BrClN2O/c18-14-5-1-13(2-6-14)17(22)21-10-9-20-11-16(21)12-3-7-15(19)8-4-12/h1-8,16,20H,9-11H2. The molecule has 1 heterocycles. The Morgan fingerprint density at radius 1 is 1.14 bits per heavy atom. The first kappa shape index (κ1) is 15.5. The van der Waals surface area contributed by atoms with Crippen molar-refractivity contribution in [1.82, 2.24) is 10.2 Å². The average Bonchev–Trinajstić information content (AvgIpc) is 2.56. The molecule has 0 saturated carbocycles. The van der Waals surface area contributed by atoms with Crippen LogP contribution in [0.15, 0.2) is 53.0 Å². The summed E-state index contributed by atoms with van der Waals surface area (Å²) in [5.41, 5.74) is 1.81. The fourth-order valence-corrected chi connectivity index (χ4v) is 3.08. The molecule has 2 aromatic rings. The molecule has 1 N–H and O–H groups in total. The van der Waals surface area contributed by atoms with Gasteiger partial charge in [-0.1, -0.05) is 39.7 Å². The SMILES string of the molecule is O=C(c1ccc(Br)cc1)N1CCNCC1c1ccc(Cl)cc1. The van der Waals surface area contributed by atoms with E-state index in [4.69, 9.17) is 11.6 Å². The summed E-state index contributed by atoms with van der Waals surface area (Å²) in [7, 11) is 0. The maximum Gasteiger partial charge on any atom is 0.254 e. The van der Waals surface area contributed by atoms with Crippen LogP contribution in [-0.2, 0) is 0 Å². The van der Waals surface area contributed by atoms with E-state index in [-0.39, 0.29) is 11.9 Å². The van der Waals surface area contributed by atoms with Crippen LogP contribution in [0.2, 0.25) is 5.02 Å². The van der Waals surface area contributed by atoms with Crippen molar-refractivity contribution in [3.8, 4) is 0 Å². The predicted octanol–water partition coefficient (Wildman–Crippen LogP) is 3.89. The van der Waals surface area contributed by atoms with Crippen molar-refractivity contribution in [1.29, 1.82) is 0 Å². The zero-order chi connectivity index (χ0) is 15.5. The van der Waals surface area contributed by atoms with Crippen LogP contribution in [-0.4, -0.2) is 30.4 Å². The van der Waals surface area contributed by atoms with Gasteiger partial charge in [0.2, 0.25) is 0 Å². The molecule has 1 aliphatic rings. The first-order valence-electron chi connectivity index (χ1n) is 7.18. The summed E-state index contributed by atoms with van der Waals surface area (Å²) in [5.74, 6) is 0.0638. The van der Waals surface area contributed by atoms with Gasteiger partial charge < -0.3 is 10.2 Å². The first-order valence-corrected chi connectivity index (χ1v) is 8.35. The molecular formula is C17H16BrClN2O. The molecule has 0 bridgehead atoms. The Morgan fingerprint density at radius 2 is 1.82 bits per heavy atom. The van der Waals surface area contributed by atoms with Crippen molar-refractivity contribution >= 4 is 33.4 Å². The topological polar surface area (TPSA) is 32.3 Å². The van der Waals surface area contributed by atoms with Gasteiger partial charge in [0, 0.05) is 34.7 Å². The quantitative estimate of drug-likeness (QED) is 0.858. The molecule has 1 atom stereocenters. The Hall–Kier alpha value is -1.36. The van der Waals surface area contributed by atoms with Crippen LogP contribution in [0.5, 0.6) is 0 Å². The summed E-state index contributed by atoms with van der Waals surface area (Å²) in [5, 5.41) is 4.07. The van der Waals surface area contributed by atoms with E-state index in [9.17, 15) is 4.79 Å². The van der Waals surface area contributed by atoms with E-state index in [1.54, 1.807) is 0 Å². The largest absolute Gasteiger partial charge is 0.329 e.